The fourth-order valence-corrected chi connectivity index (χ4v) is 7.37. The van der Waals surface area contributed by atoms with E-state index in [2.05, 4.69) is 19.9 Å². The zero-order valence-corrected chi connectivity index (χ0v) is 14.7. The van der Waals surface area contributed by atoms with Gasteiger partial charge in [-0.15, -0.1) is 0 Å². The summed E-state index contributed by atoms with van der Waals surface area (Å²) in [5.41, 5.74) is 2.60. The first kappa shape index (κ1) is 15.0. The standard InChI is InChI=1S/C21H32O/c1-14(22)17-9-10-18-16-8-7-15-6-4-5-12-20(15,2)19(16)11-13-21(17,18)3/h7,16-19H,4-6,8-13H2,1-3H3/t16?,17-,18?,19?,20+,21-/m1/s1. The minimum absolute atomic E-state index is 0.309. The molecule has 6 atom stereocenters. The lowest BCUT2D eigenvalue weighted by Gasteiger charge is -2.57. The van der Waals surface area contributed by atoms with Crippen LogP contribution in [-0.4, -0.2) is 5.78 Å². The van der Waals surface area contributed by atoms with Crippen LogP contribution in [0.3, 0.4) is 0 Å². The molecular weight excluding hydrogens is 268 g/mol. The Morgan fingerprint density at radius 2 is 1.91 bits per heavy atom. The summed E-state index contributed by atoms with van der Waals surface area (Å²) in [5.74, 6) is 3.37. The Kier molecular flexibility index (Phi) is 3.37. The fraction of sp³-hybridized carbons (Fsp3) is 0.857. The van der Waals surface area contributed by atoms with E-state index in [4.69, 9.17) is 0 Å². The largest absolute Gasteiger partial charge is 0.300 e. The molecule has 0 bridgehead atoms. The van der Waals surface area contributed by atoms with Crippen LogP contribution >= 0.6 is 0 Å². The zero-order valence-electron chi connectivity index (χ0n) is 14.7. The molecule has 0 aliphatic heterocycles. The number of rotatable bonds is 1. The maximum absolute atomic E-state index is 12.1. The van der Waals surface area contributed by atoms with Gasteiger partial charge in [-0.25, -0.2) is 0 Å². The van der Waals surface area contributed by atoms with Crippen molar-refractivity contribution in [2.24, 2.45) is 34.5 Å². The van der Waals surface area contributed by atoms with E-state index in [0.29, 0.717) is 22.5 Å². The highest BCUT2D eigenvalue weighted by Crippen LogP contribution is 2.66. The van der Waals surface area contributed by atoms with E-state index < -0.39 is 0 Å². The highest BCUT2D eigenvalue weighted by Gasteiger charge is 2.58. The average molecular weight is 300 g/mol. The van der Waals surface area contributed by atoms with Crippen molar-refractivity contribution in [1.82, 2.24) is 0 Å². The van der Waals surface area contributed by atoms with Crippen molar-refractivity contribution in [3.63, 3.8) is 0 Å². The molecule has 0 radical (unpaired) electrons. The van der Waals surface area contributed by atoms with Crippen LogP contribution in [0.1, 0.15) is 78.6 Å². The Hall–Kier alpha value is -0.590. The van der Waals surface area contributed by atoms with Gasteiger partial charge in [-0.05, 0) is 86.9 Å². The van der Waals surface area contributed by atoms with Gasteiger partial charge in [0.1, 0.15) is 5.78 Å². The lowest BCUT2D eigenvalue weighted by atomic mass is 9.47. The molecule has 0 aromatic heterocycles. The third-order valence-electron chi connectivity index (χ3n) is 8.51. The van der Waals surface area contributed by atoms with Gasteiger partial charge in [-0.1, -0.05) is 31.9 Å². The van der Waals surface area contributed by atoms with Crippen molar-refractivity contribution in [3.8, 4) is 0 Å². The second-order valence-corrected chi connectivity index (χ2v) is 9.25. The predicted molar refractivity (Wildman–Crippen MR) is 90.5 cm³/mol. The summed E-state index contributed by atoms with van der Waals surface area (Å²) in [6, 6.07) is 0. The van der Waals surface area contributed by atoms with E-state index in [9.17, 15) is 4.79 Å². The lowest BCUT2D eigenvalue weighted by Crippen LogP contribution is -2.50. The predicted octanol–water partition coefficient (Wildman–Crippen LogP) is 5.54. The Labute approximate surface area is 135 Å². The van der Waals surface area contributed by atoms with E-state index in [0.717, 1.165) is 24.2 Å². The van der Waals surface area contributed by atoms with E-state index in [1.54, 1.807) is 5.57 Å². The van der Waals surface area contributed by atoms with Gasteiger partial charge < -0.3 is 0 Å². The molecule has 3 unspecified atom stereocenters. The number of carbonyl (C=O) groups is 1. The third kappa shape index (κ3) is 1.86. The maximum atomic E-state index is 12.1. The Morgan fingerprint density at radius 3 is 2.68 bits per heavy atom. The van der Waals surface area contributed by atoms with Crippen molar-refractivity contribution in [3.05, 3.63) is 11.6 Å². The van der Waals surface area contributed by atoms with E-state index in [1.165, 1.54) is 51.4 Å². The van der Waals surface area contributed by atoms with E-state index in [1.807, 2.05) is 6.92 Å². The van der Waals surface area contributed by atoms with Crippen molar-refractivity contribution < 1.29 is 4.79 Å². The van der Waals surface area contributed by atoms with Gasteiger partial charge in [0, 0.05) is 5.92 Å². The molecule has 3 saturated carbocycles. The maximum Gasteiger partial charge on any atom is 0.133 e. The number of allylic oxidation sites excluding steroid dienone is 2. The highest BCUT2D eigenvalue weighted by atomic mass is 16.1. The Balaban J connectivity index is 1.68. The van der Waals surface area contributed by atoms with Crippen LogP contribution in [0.25, 0.3) is 0 Å². The number of fused-ring (bicyclic) bond motifs is 5. The second-order valence-electron chi connectivity index (χ2n) is 9.25. The van der Waals surface area contributed by atoms with Gasteiger partial charge in [0.05, 0.1) is 0 Å². The molecular formula is C21H32O. The number of ketones is 1. The van der Waals surface area contributed by atoms with Crippen LogP contribution in [0.2, 0.25) is 0 Å². The molecule has 0 N–H and O–H groups in total. The minimum Gasteiger partial charge on any atom is -0.300 e. The van der Waals surface area contributed by atoms with Crippen LogP contribution in [0.4, 0.5) is 0 Å². The van der Waals surface area contributed by atoms with Gasteiger partial charge in [-0.2, -0.15) is 0 Å². The first-order valence-corrected chi connectivity index (χ1v) is 9.67. The molecule has 4 aliphatic rings. The summed E-state index contributed by atoms with van der Waals surface area (Å²) in [7, 11) is 0. The summed E-state index contributed by atoms with van der Waals surface area (Å²) in [4.78, 5) is 12.1. The van der Waals surface area contributed by atoms with Crippen molar-refractivity contribution in [1.29, 1.82) is 0 Å². The molecule has 4 aliphatic carbocycles. The third-order valence-corrected chi connectivity index (χ3v) is 8.51. The molecule has 0 aromatic carbocycles. The van der Waals surface area contributed by atoms with Crippen molar-refractivity contribution >= 4 is 5.78 Å². The Bertz CT molecular complexity index is 518. The van der Waals surface area contributed by atoms with Gasteiger partial charge >= 0.3 is 0 Å². The SMILES string of the molecule is CC(=O)[C@H]1CCC2C3CC=C4CCCC[C@]4(C)C3CC[C@@]21C. The number of hydrogen-bond acceptors (Lipinski definition) is 1. The molecule has 0 saturated heterocycles. The topological polar surface area (TPSA) is 17.1 Å². The summed E-state index contributed by atoms with van der Waals surface area (Å²) >= 11 is 0. The van der Waals surface area contributed by atoms with Crippen LogP contribution in [-0.2, 0) is 4.79 Å². The molecule has 122 valence electrons. The smallest absolute Gasteiger partial charge is 0.133 e. The molecule has 0 spiro atoms. The summed E-state index contributed by atoms with van der Waals surface area (Å²) in [5, 5.41) is 0. The molecule has 1 nitrogen and oxygen atoms in total. The van der Waals surface area contributed by atoms with Crippen molar-refractivity contribution in [2.75, 3.05) is 0 Å². The number of Topliss-reactive ketones (excluding diaryl/α,β-unsaturated/α-hetero) is 1. The van der Waals surface area contributed by atoms with Crippen molar-refractivity contribution in [2.45, 2.75) is 78.6 Å². The van der Waals surface area contributed by atoms with E-state index in [-0.39, 0.29) is 0 Å². The first-order valence-electron chi connectivity index (χ1n) is 9.67. The van der Waals surface area contributed by atoms with Crippen LogP contribution in [0.5, 0.6) is 0 Å². The molecule has 0 amide bonds. The normalized spacial score (nSPS) is 50.6. The molecule has 0 aromatic rings. The van der Waals surface area contributed by atoms with Crippen LogP contribution < -0.4 is 0 Å². The number of hydrogen-bond donors (Lipinski definition) is 0. The monoisotopic (exact) mass is 300 g/mol. The van der Waals surface area contributed by atoms with Gasteiger partial charge in [0.2, 0.25) is 0 Å². The van der Waals surface area contributed by atoms with Crippen LogP contribution in [0, 0.1) is 34.5 Å². The number of carbonyl (C=O) groups excluding carboxylic acids is 1. The minimum atomic E-state index is 0.309. The summed E-state index contributed by atoms with van der Waals surface area (Å²) in [6.45, 7) is 6.87. The quantitative estimate of drug-likeness (QED) is 0.581. The fourth-order valence-electron chi connectivity index (χ4n) is 7.37. The molecule has 4 rings (SSSR count). The zero-order chi connectivity index (χ0) is 15.5. The summed E-state index contributed by atoms with van der Waals surface area (Å²) < 4.78 is 0. The molecule has 0 heterocycles. The van der Waals surface area contributed by atoms with Gasteiger partial charge in [0.25, 0.3) is 0 Å². The molecule has 22 heavy (non-hydrogen) atoms. The first-order chi connectivity index (χ1) is 10.5. The van der Waals surface area contributed by atoms with Crippen LogP contribution in [0.15, 0.2) is 11.6 Å². The van der Waals surface area contributed by atoms with Gasteiger partial charge in [0.15, 0.2) is 0 Å². The van der Waals surface area contributed by atoms with Gasteiger partial charge in [-0.3, -0.25) is 4.79 Å². The summed E-state index contributed by atoms with van der Waals surface area (Å²) in [6.07, 6.45) is 14.7. The molecule has 3 fully saturated rings. The molecule has 1 heteroatoms. The lowest BCUT2D eigenvalue weighted by molar-refractivity contribution is -0.127. The Morgan fingerprint density at radius 1 is 1.09 bits per heavy atom. The average Bonchev–Trinajstić information content (AvgIpc) is 2.84. The highest BCUT2D eigenvalue weighted by molar-refractivity contribution is 5.79. The van der Waals surface area contributed by atoms with E-state index >= 15 is 0 Å². The second kappa shape index (κ2) is 4.95.